The number of hydrogen-bond donors (Lipinski definition) is 1. The van der Waals surface area contributed by atoms with Crippen LogP contribution in [0.4, 0.5) is 11.4 Å². The molecule has 1 N–H and O–H groups in total. The van der Waals surface area contributed by atoms with E-state index < -0.39 is 9.84 Å². The average molecular weight is 417 g/mol. The smallest absolute Gasteiger partial charge is 0.255 e. The van der Waals surface area contributed by atoms with Gasteiger partial charge in [0.05, 0.1) is 34.6 Å². The number of carbonyl (C=O) groups is 2. The minimum Gasteiger partial charge on any atom is -0.319 e. The Kier molecular flexibility index (Phi) is 4.94. The minimum absolute atomic E-state index is 0.0824. The van der Waals surface area contributed by atoms with Crippen molar-refractivity contribution >= 4 is 33.0 Å². The molecule has 0 radical (unpaired) electrons. The van der Waals surface area contributed by atoms with Crippen LogP contribution in [0.25, 0.3) is 0 Å². The fourth-order valence-electron chi connectivity index (χ4n) is 4.07. The highest BCUT2D eigenvalue weighted by Gasteiger charge is 2.31. The van der Waals surface area contributed by atoms with Crippen molar-refractivity contribution in [1.29, 1.82) is 0 Å². The van der Waals surface area contributed by atoms with Gasteiger partial charge in [0.25, 0.3) is 5.91 Å². The van der Waals surface area contributed by atoms with Crippen molar-refractivity contribution in [3.8, 4) is 0 Å². The number of aryl methyl sites for hydroxylation is 1. The van der Waals surface area contributed by atoms with E-state index in [1.165, 1.54) is 0 Å². The molecular weight excluding hydrogens is 392 g/mol. The molecule has 1 aromatic heterocycles. The van der Waals surface area contributed by atoms with Gasteiger partial charge in [-0.15, -0.1) is 0 Å². The van der Waals surface area contributed by atoms with Gasteiger partial charge in [-0.25, -0.2) is 8.42 Å². The second kappa shape index (κ2) is 7.29. The molecule has 2 aliphatic heterocycles. The second-order valence-corrected chi connectivity index (χ2v) is 9.93. The average Bonchev–Trinajstić information content (AvgIpc) is 3.35. The Bertz CT molecular complexity index is 1070. The van der Waals surface area contributed by atoms with Crippen LogP contribution < -0.4 is 10.2 Å². The van der Waals surface area contributed by atoms with Gasteiger partial charge < -0.3 is 10.2 Å². The molecule has 1 atom stereocenters. The van der Waals surface area contributed by atoms with Gasteiger partial charge in [0, 0.05) is 24.2 Å². The third kappa shape index (κ3) is 3.78. The molecule has 3 heterocycles. The summed E-state index contributed by atoms with van der Waals surface area (Å²) in [4.78, 5) is 26.3. The topological polar surface area (TPSA) is 101 Å². The van der Waals surface area contributed by atoms with Crippen molar-refractivity contribution in [2.24, 2.45) is 0 Å². The summed E-state index contributed by atoms with van der Waals surface area (Å²) in [6, 6.07) is 6.78. The van der Waals surface area contributed by atoms with Crippen LogP contribution >= 0.6 is 0 Å². The summed E-state index contributed by atoms with van der Waals surface area (Å²) < 4.78 is 25.3. The minimum atomic E-state index is -3.02. The number of nitrogens with zero attached hydrogens (tertiary/aromatic N) is 3. The van der Waals surface area contributed by atoms with Crippen LogP contribution in [0.5, 0.6) is 0 Å². The van der Waals surface area contributed by atoms with E-state index in [0.29, 0.717) is 36.3 Å². The molecule has 1 aromatic carbocycles. The summed E-state index contributed by atoms with van der Waals surface area (Å²) in [5.41, 5.74) is 3.29. The van der Waals surface area contributed by atoms with Gasteiger partial charge in [-0.1, -0.05) is 0 Å². The summed E-state index contributed by atoms with van der Waals surface area (Å²) in [6.45, 7) is 4.34. The zero-order valence-corrected chi connectivity index (χ0v) is 17.3. The molecule has 2 saturated heterocycles. The third-order valence-electron chi connectivity index (χ3n) is 5.63. The number of benzene rings is 1. The highest BCUT2D eigenvalue weighted by molar-refractivity contribution is 7.91. The van der Waals surface area contributed by atoms with Crippen LogP contribution in [0.2, 0.25) is 0 Å². The molecule has 2 aliphatic rings. The largest absolute Gasteiger partial charge is 0.319 e. The number of hydrogen-bond acceptors (Lipinski definition) is 5. The summed E-state index contributed by atoms with van der Waals surface area (Å²) >= 11 is 0. The molecular formula is C20H24N4O4S. The van der Waals surface area contributed by atoms with E-state index in [1.54, 1.807) is 40.8 Å². The lowest BCUT2D eigenvalue weighted by Crippen LogP contribution is -2.23. The zero-order valence-electron chi connectivity index (χ0n) is 16.5. The number of rotatable bonds is 4. The zero-order chi connectivity index (χ0) is 20.8. The molecule has 29 heavy (non-hydrogen) atoms. The molecule has 0 bridgehead atoms. The molecule has 2 fully saturated rings. The Balaban J connectivity index is 1.51. The lowest BCUT2D eigenvalue weighted by Gasteiger charge is -2.16. The molecule has 2 aromatic rings. The Morgan fingerprint density at radius 1 is 1.21 bits per heavy atom. The van der Waals surface area contributed by atoms with Gasteiger partial charge in [-0.05, 0) is 51.0 Å². The second-order valence-electron chi connectivity index (χ2n) is 7.70. The molecule has 1 unspecified atom stereocenters. The number of sulfone groups is 1. The quantitative estimate of drug-likeness (QED) is 0.824. The Morgan fingerprint density at radius 2 is 1.93 bits per heavy atom. The first-order valence-corrected chi connectivity index (χ1v) is 11.6. The van der Waals surface area contributed by atoms with E-state index in [2.05, 4.69) is 10.4 Å². The highest BCUT2D eigenvalue weighted by Crippen LogP contribution is 2.29. The van der Waals surface area contributed by atoms with Gasteiger partial charge in [0.15, 0.2) is 9.84 Å². The number of anilines is 2. The molecule has 0 aliphatic carbocycles. The van der Waals surface area contributed by atoms with Crippen molar-refractivity contribution in [2.45, 2.75) is 39.2 Å². The molecule has 9 heteroatoms. The number of carbonyl (C=O) groups excluding carboxylic acids is 2. The van der Waals surface area contributed by atoms with E-state index in [9.17, 15) is 18.0 Å². The van der Waals surface area contributed by atoms with Crippen molar-refractivity contribution in [3.05, 3.63) is 41.2 Å². The predicted molar refractivity (Wildman–Crippen MR) is 110 cm³/mol. The van der Waals surface area contributed by atoms with Crippen LogP contribution in [0.1, 0.15) is 47.1 Å². The lowest BCUT2D eigenvalue weighted by molar-refractivity contribution is -0.117. The van der Waals surface area contributed by atoms with Crippen molar-refractivity contribution in [2.75, 3.05) is 28.3 Å². The predicted octanol–water partition coefficient (Wildman–Crippen LogP) is 2.24. The molecule has 0 saturated carbocycles. The van der Waals surface area contributed by atoms with E-state index in [1.807, 2.05) is 6.92 Å². The normalized spacial score (nSPS) is 21.0. The summed E-state index contributed by atoms with van der Waals surface area (Å²) in [5, 5.41) is 7.38. The maximum atomic E-state index is 12.7. The number of amides is 2. The maximum absolute atomic E-state index is 12.7. The van der Waals surface area contributed by atoms with Gasteiger partial charge >= 0.3 is 0 Å². The molecule has 2 amide bonds. The summed E-state index contributed by atoms with van der Waals surface area (Å²) in [7, 11) is -3.02. The Hall–Kier alpha value is -2.68. The Labute approximate surface area is 169 Å². The number of aromatic nitrogens is 2. The lowest BCUT2D eigenvalue weighted by atomic mass is 10.1. The maximum Gasteiger partial charge on any atom is 0.255 e. The third-order valence-corrected chi connectivity index (χ3v) is 7.38. The van der Waals surface area contributed by atoms with Crippen LogP contribution in [-0.4, -0.2) is 48.1 Å². The van der Waals surface area contributed by atoms with Crippen LogP contribution in [0.15, 0.2) is 24.3 Å². The standard InChI is InChI=1S/C20H24N4O4S/c1-13-19(14(2)24(22-13)17-9-11-29(27,28)12-17)21-20(26)15-5-7-16(8-6-15)23-10-3-4-18(23)25/h5-8,17H,3-4,9-12H2,1-2H3,(H,21,26). The molecule has 4 rings (SSSR count). The SMILES string of the molecule is Cc1nn(C2CCS(=O)(=O)C2)c(C)c1NC(=O)c1ccc(N2CCCC2=O)cc1. The van der Waals surface area contributed by atoms with Crippen LogP contribution in [-0.2, 0) is 14.6 Å². The van der Waals surface area contributed by atoms with Crippen molar-refractivity contribution in [1.82, 2.24) is 9.78 Å². The van der Waals surface area contributed by atoms with Gasteiger partial charge in [-0.3, -0.25) is 14.3 Å². The van der Waals surface area contributed by atoms with E-state index in [0.717, 1.165) is 17.8 Å². The van der Waals surface area contributed by atoms with E-state index in [4.69, 9.17) is 0 Å². The summed E-state index contributed by atoms with van der Waals surface area (Å²) in [5.74, 6) is 0.0895. The van der Waals surface area contributed by atoms with Gasteiger partial charge in [0.1, 0.15) is 0 Å². The molecule has 154 valence electrons. The van der Waals surface area contributed by atoms with Gasteiger partial charge in [-0.2, -0.15) is 5.10 Å². The highest BCUT2D eigenvalue weighted by atomic mass is 32.2. The monoisotopic (exact) mass is 416 g/mol. The number of nitrogens with one attached hydrogen (secondary N) is 1. The van der Waals surface area contributed by atoms with Crippen molar-refractivity contribution < 1.29 is 18.0 Å². The molecule has 8 nitrogen and oxygen atoms in total. The van der Waals surface area contributed by atoms with Gasteiger partial charge in [0.2, 0.25) is 5.91 Å². The van der Waals surface area contributed by atoms with E-state index in [-0.39, 0.29) is 29.4 Å². The first-order chi connectivity index (χ1) is 13.7. The van der Waals surface area contributed by atoms with E-state index >= 15 is 0 Å². The first kappa shape index (κ1) is 19.6. The fraction of sp³-hybridized carbons (Fsp3) is 0.450. The Morgan fingerprint density at radius 3 is 2.52 bits per heavy atom. The fourth-order valence-corrected chi connectivity index (χ4v) is 5.76. The van der Waals surface area contributed by atoms with Crippen LogP contribution in [0, 0.1) is 13.8 Å². The summed E-state index contributed by atoms with van der Waals surface area (Å²) in [6.07, 6.45) is 1.95. The van der Waals surface area contributed by atoms with Crippen molar-refractivity contribution in [3.63, 3.8) is 0 Å². The molecule has 0 spiro atoms. The van der Waals surface area contributed by atoms with Crippen LogP contribution in [0.3, 0.4) is 0 Å². The first-order valence-electron chi connectivity index (χ1n) is 9.73.